The molecule has 1 aliphatic rings. The fraction of sp³-hybridized carbons (Fsp3) is 0.833. The maximum Gasteiger partial charge on any atom is 0.00981 e. The van der Waals surface area contributed by atoms with Gasteiger partial charge in [-0.25, -0.2) is 0 Å². The Balaban J connectivity index is 2.10. The molecule has 1 atom stereocenters. The van der Waals surface area contributed by atoms with Crippen LogP contribution in [0.5, 0.6) is 0 Å². The van der Waals surface area contributed by atoms with Gasteiger partial charge in [0.1, 0.15) is 0 Å². The van der Waals surface area contributed by atoms with Crippen molar-refractivity contribution in [1.29, 1.82) is 0 Å². The first kappa shape index (κ1) is 5.10. The molecule has 1 fully saturated rings. The fourth-order valence-electron chi connectivity index (χ4n) is 0.709. The zero-order chi connectivity index (χ0) is 5.28. The van der Waals surface area contributed by atoms with E-state index in [2.05, 4.69) is 12.2 Å². The van der Waals surface area contributed by atoms with Gasteiger partial charge in [-0.05, 0) is 32.7 Å². The predicted molar refractivity (Wildman–Crippen MR) is 31.0 cm³/mol. The third kappa shape index (κ3) is 1.16. The Morgan fingerprint density at radius 2 is 2.14 bits per heavy atom. The molecule has 1 saturated carbocycles. The Morgan fingerprint density at radius 1 is 1.57 bits per heavy atom. The van der Waals surface area contributed by atoms with E-state index in [1.165, 1.54) is 12.8 Å². The summed E-state index contributed by atoms with van der Waals surface area (Å²) in [5.41, 5.74) is 0. The zero-order valence-corrected chi connectivity index (χ0v) is 4.99. The quantitative estimate of drug-likeness (QED) is 0.542. The predicted octanol–water partition coefficient (Wildman–Crippen LogP) is 0.963. The lowest BCUT2D eigenvalue weighted by atomic mass is 10.2. The van der Waals surface area contributed by atoms with E-state index in [9.17, 15) is 0 Å². The summed E-state index contributed by atoms with van der Waals surface area (Å²) in [5.74, 6) is 1.68. The van der Waals surface area contributed by atoms with Crippen molar-refractivity contribution in [2.75, 3.05) is 7.05 Å². The molecule has 0 saturated heterocycles. The highest BCUT2D eigenvalue weighted by Crippen LogP contribution is 2.34. The highest BCUT2D eigenvalue weighted by molar-refractivity contribution is 5.11. The van der Waals surface area contributed by atoms with Crippen LogP contribution in [-0.2, 0) is 0 Å². The molecule has 1 nitrogen and oxygen atoms in total. The second-order valence-corrected chi connectivity index (χ2v) is 2.17. The van der Waals surface area contributed by atoms with Gasteiger partial charge in [0.15, 0.2) is 0 Å². The van der Waals surface area contributed by atoms with Gasteiger partial charge in [0, 0.05) is 6.04 Å². The van der Waals surface area contributed by atoms with Crippen LogP contribution in [0.2, 0.25) is 0 Å². The topological polar surface area (TPSA) is 12.0 Å². The molecular weight excluding hydrogens is 86.1 g/mol. The van der Waals surface area contributed by atoms with Gasteiger partial charge in [0.25, 0.3) is 0 Å². The van der Waals surface area contributed by atoms with Gasteiger partial charge in [-0.1, -0.05) is 0 Å². The summed E-state index contributed by atoms with van der Waals surface area (Å²) < 4.78 is 0. The van der Waals surface area contributed by atoms with Gasteiger partial charge in [-0.3, -0.25) is 0 Å². The summed E-state index contributed by atoms with van der Waals surface area (Å²) in [6.45, 7) is 2.21. The van der Waals surface area contributed by atoms with Crippen molar-refractivity contribution in [2.45, 2.75) is 25.8 Å². The number of nitrogens with one attached hydrogen (secondary N) is 1. The van der Waals surface area contributed by atoms with Crippen molar-refractivity contribution in [3.05, 3.63) is 5.92 Å². The van der Waals surface area contributed by atoms with E-state index in [4.69, 9.17) is 0 Å². The van der Waals surface area contributed by atoms with E-state index in [1.54, 1.807) is 5.92 Å². The van der Waals surface area contributed by atoms with Gasteiger partial charge < -0.3 is 5.32 Å². The lowest BCUT2D eigenvalue weighted by Gasteiger charge is -2.04. The summed E-state index contributed by atoms with van der Waals surface area (Å²) in [6, 6.07) is 0.681. The van der Waals surface area contributed by atoms with Crippen LogP contribution in [0.1, 0.15) is 19.8 Å². The Labute approximate surface area is 45.1 Å². The molecule has 0 aliphatic heterocycles. The van der Waals surface area contributed by atoms with Crippen molar-refractivity contribution >= 4 is 0 Å². The SMILES string of the molecule is CNC(C)[C]1CC1. The Kier molecular flexibility index (Phi) is 1.33. The molecule has 0 amide bonds. The lowest BCUT2D eigenvalue weighted by molar-refractivity contribution is 0.672. The van der Waals surface area contributed by atoms with E-state index < -0.39 is 0 Å². The van der Waals surface area contributed by atoms with E-state index in [0.717, 1.165) is 0 Å². The minimum atomic E-state index is 0.681. The van der Waals surface area contributed by atoms with Crippen molar-refractivity contribution < 1.29 is 0 Å². The highest BCUT2D eigenvalue weighted by atomic mass is 14.9. The average molecular weight is 98.2 g/mol. The standard InChI is InChI=1S/C6H12N/c1-5(7-2)6-3-4-6/h5,7H,3-4H2,1-2H3. The second kappa shape index (κ2) is 1.83. The van der Waals surface area contributed by atoms with Crippen molar-refractivity contribution in [3.63, 3.8) is 0 Å². The average Bonchev–Trinajstić information content (AvgIpc) is 2.44. The first-order chi connectivity index (χ1) is 3.34. The van der Waals surface area contributed by atoms with E-state index in [1.807, 2.05) is 7.05 Å². The van der Waals surface area contributed by atoms with Crippen LogP contribution in [0.3, 0.4) is 0 Å². The van der Waals surface area contributed by atoms with Crippen LogP contribution >= 0.6 is 0 Å². The summed E-state index contributed by atoms with van der Waals surface area (Å²) in [5, 5.41) is 3.19. The third-order valence-electron chi connectivity index (χ3n) is 1.58. The van der Waals surface area contributed by atoms with Gasteiger partial charge in [0.2, 0.25) is 0 Å². The normalized spacial score (nSPS) is 24.9. The first-order valence-corrected chi connectivity index (χ1v) is 2.86. The summed E-state index contributed by atoms with van der Waals surface area (Å²) in [7, 11) is 2.01. The van der Waals surface area contributed by atoms with Gasteiger partial charge in [-0.2, -0.15) is 0 Å². The van der Waals surface area contributed by atoms with Gasteiger partial charge in [0.05, 0.1) is 0 Å². The minimum absolute atomic E-state index is 0.681. The van der Waals surface area contributed by atoms with E-state index in [0.29, 0.717) is 6.04 Å². The maximum atomic E-state index is 3.19. The molecule has 1 unspecified atom stereocenters. The van der Waals surface area contributed by atoms with Crippen LogP contribution in [0.4, 0.5) is 0 Å². The molecule has 1 N–H and O–H groups in total. The molecule has 1 heteroatoms. The molecule has 0 spiro atoms. The molecule has 0 aromatic carbocycles. The fourth-order valence-corrected chi connectivity index (χ4v) is 0.709. The van der Waals surface area contributed by atoms with Crippen LogP contribution < -0.4 is 5.32 Å². The molecule has 1 rings (SSSR count). The van der Waals surface area contributed by atoms with Gasteiger partial charge in [-0.15, -0.1) is 0 Å². The molecule has 1 radical (unpaired) electrons. The van der Waals surface area contributed by atoms with E-state index >= 15 is 0 Å². The van der Waals surface area contributed by atoms with Crippen LogP contribution in [0.25, 0.3) is 0 Å². The Hall–Kier alpha value is -0.0400. The molecule has 41 valence electrons. The van der Waals surface area contributed by atoms with Crippen molar-refractivity contribution in [1.82, 2.24) is 5.32 Å². The van der Waals surface area contributed by atoms with Crippen LogP contribution in [0.15, 0.2) is 0 Å². The smallest absolute Gasteiger partial charge is 0.00981 e. The second-order valence-electron chi connectivity index (χ2n) is 2.17. The van der Waals surface area contributed by atoms with Crippen LogP contribution in [-0.4, -0.2) is 13.1 Å². The molecule has 7 heavy (non-hydrogen) atoms. The number of hydrogen-bond donors (Lipinski definition) is 1. The molecule has 0 bridgehead atoms. The summed E-state index contributed by atoms with van der Waals surface area (Å²) in [4.78, 5) is 0. The van der Waals surface area contributed by atoms with Gasteiger partial charge >= 0.3 is 0 Å². The number of rotatable bonds is 2. The largest absolute Gasteiger partial charge is 0.317 e. The molecule has 0 heterocycles. The maximum absolute atomic E-state index is 3.19. The lowest BCUT2D eigenvalue weighted by Crippen LogP contribution is -2.21. The Morgan fingerprint density at radius 3 is 2.29 bits per heavy atom. The minimum Gasteiger partial charge on any atom is -0.317 e. The highest BCUT2D eigenvalue weighted by Gasteiger charge is 2.26. The third-order valence-corrected chi connectivity index (χ3v) is 1.58. The summed E-state index contributed by atoms with van der Waals surface area (Å²) >= 11 is 0. The molecule has 1 aliphatic carbocycles. The van der Waals surface area contributed by atoms with E-state index in [-0.39, 0.29) is 0 Å². The van der Waals surface area contributed by atoms with Crippen molar-refractivity contribution in [3.8, 4) is 0 Å². The zero-order valence-electron chi connectivity index (χ0n) is 4.99. The Bertz CT molecular complexity index is 57.2. The molecule has 0 aromatic heterocycles. The molecule has 0 aromatic rings. The molecular formula is C6H12N. The summed E-state index contributed by atoms with van der Waals surface area (Å²) in [6.07, 6.45) is 2.73. The monoisotopic (exact) mass is 98.1 g/mol. The first-order valence-electron chi connectivity index (χ1n) is 2.86. The van der Waals surface area contributed by atoms with Crippen molar-refractivity contribution in [2.24, 2.45) is 0 Å². The van der Waals surface area contributed by atoms with Crippen LogP contribution in [0, 0.1) is 5.92 Å². The number of hydrogen-bond acceptors (Lipinski definition) is 1.